The molecule has 1 nitrogen and oxygen atoms in total. The normalized spacial score (nSPS) is 20.1. The SMILES string of the molecule is FC(F)(F)C(F)(F)O[Se](F)(F)(F)(F)F. The van der Waals surface area contributed by atoms with E-state index in [1.165, 1.54) is 0 Å². The van der Waals surface area contributed by atoms with Crippen molar-refractivity contribution in [2.45, 2.75) is 12.3 Å². The Morgan fingerprint density at radius 1 is 0.714 bits per heavy atom. The van der Waals surface area contributed by atoms with Crippen LogP contribution < -0.4 is 0 Å². The van der Waals surface area contributed by atoms with Gasteiger partial charge in [0, 0.05) is 0 Å². The molecule has 0 N–H and O–H groups in total. The number of hydrogen-bond acceptors (Lipinski definition) is 1. The molecule has 14 heavy (non-hydrogen) atoms. The molecule has 0 spiro atoms. The molecule has 0 saturated carbocycles. The van der Waals surface area contributed by atoms with Gasteiger partial charge in [-0.3, -0.25) is 0 Å². The quantitative estimate of drug-likeness (QED) is 0.561. The van der Waals surface area contributed by atoms with Crippen molar-refractivity contribution < 1.29 is 43.5 Å². The first-order chi connectivity index (χ1) is 5.43. The molecule has 0 aromatic carbocycles. The van der Waals surface area contributed by atoms with Crippen molar-refractivity contribution in [2.24, 2.45) is 0 Å². The fourth-order valence-corrected chi connectivity index (χ4v) is 1.27. The van der Waals surface area contributed by atoms with Gasteiger partial charge in [-0.25, -0.2) is 0 Å². The molecule has 0 heterocycles. The molecule has 0 saturated heterocycles. The fraction of sp³-hybridized carbons (Fsp3) is 1.00. The van der Waals surface area contributed by atoms with E-state index >= 15 is 0 Å². The van der Waals surface area contributed by atoms with Gasteiger partial charge in [0.1, 0.15) is 0 Å². The van der Waals surface area contributed by atoms with Crippen LogP contribution >= 0.6 is 0 Å². The number of rotatable bonds is 2. The summed E-state index contributed by atoms with van der Waals surface area (Å²) in [6.07, 6.45) is -13.8. The molecule has 0 aliphatic carbocycles. The first kappa shape index (κ1) is 13.8. The van der Waals surface area contributed by atoms with Crippen molar-refractivity contribution in [3.63, 3.8) is 0 Å². The molecule has 0 aliphatic heterocycles. The summed E-state index contributed by atoms with van der Waals surface area (Å²) >= 11 is -11.8. The third kappa shape index (κ3) is 4.86. The van der Waals surface area contributed by atoms with Crippen molar-refractivity contribution in [3.8, 4) is 0 Å². The van der Waals surface area contributed by atoms with Crippen LogP contribution in [0.1, 0.15) is 0 Å². The van der Waals surface area contributed by atoms with Gasteiger partial charge >= 0.3 is 69.2 Å². The van der Waals surface area contributed by atoms with Crippen LogP contribution in [0, 0.1) is 0 Å². The van der Waals surface area contributed by atoms with Crippen molar-refractivity contribution in [3.05, 3.63) is 0 Å². The zero-order chi connectivity index (χ0) is 12.1. The van der Waals surface area contributed by atoms with E-state index in [-0.39, 0.29) is 0 Å². The Bertz CT molecular complexity index is 229. The van der Waals surface area contributed by atoms with E-state index in [1.54, 1.807) is 0 Å². The molecule has 12 heteroatoms. The summed E-state index contributed by atoms with van der Waals surface area (Å²) < 4.78 is 112. The third-order valence-electron chi connectivity index (χ3n) is 0.592. The fourth-order valence-electron chi connectivity index (χ4n) is 0.245. The standard InChI is InChI=1S/C2F10OSe/c3-1(4,5)2(6,7)13-14(8,9,10,11)12. The third-order valence-corrected chi connectivity index (χ3v) is 1.69. The zero-order valence-corrected chi connectivity index (χ0v) is 7.31. The van der Waals surface area contributed by atoms with E-state index in [0.717, 1.165) is 3.82 Å². The maximum atomic E-state index is 11.4. The van der Waals surface area contributed by atoms with Crippen molar-refractivity contribution in [1.82, 2.24) is 0 Å². The van der Waals surface area contributed by atoms with Gasteiger partial charge in [-0.1, -0.05) is 0 Å². The Morgan fingerprint density at radius 3 is 1.07 bits per heavy atom. The van der Waals surface area contributed by atoms with E-state index < -0.39 is 25.6 Å². The van der Waals surface area contributed by atoms with E-state index in [2.05, 4.69) is 0 Å². The number of halogens is 10. The van der Waals surface area contributed by atoms with Crippen LogP contribution in [0.25, 0.3) is 0 Å². The van der Waals surface area contributed by atoms with Gasteiger partial charge in [0.05, 0.1) is 0 Å². The summed E-state index contributed by atoms with van der Waals surface area (Å²) in [5.41, 5.74) is 0. The Morgan fingerprint density at radius 2 is 1.00 bits per heavy atom. The number of alkyl halides is 5. The molecule has 0 unspecified atom stereocenters. The average Bonchev–Trinajstić information content (AvgIpc) is 1.46. The molecular weight excluding hydrogens is 309 g/mol. The van der Waals surface area contributed by atoms with Crippen LogP contribution in [0.4, 0.5) is 39.7 Å². The predicted octanol–water partition coefficient (Wildman–Crippen LogP) is 3.34. The van der Waals surface area contributed by atoms with E-state index in [1.807, 2.05) is 0 Å². The van der Waals surface area contributed by atoms with Crippen LogP contribution in [-0.2, 0) is 3.82 Å². The van der Waals surface area contributed by atoms with Crippen LogP contribution in [-0.4, -0.2) is 25.6 Å². The molecule has 0 aliphatic rings. The summed E-state index contributed by atoms with van der Waals surface area (Å²) in [6, 6.07) is 0. The molecular formula is C2F10OSe. The minimum absolute atomic E-state index is 0.740. The average molecular weight is 309 g/mol. The van der Waals surface area contributed by atoms with Crippen LogP contribution in [0.15, 0.2) is 0 Å². The van der Waals surface area contributed by atoms with E-state index in [9.17, 15) is 39.7 Å². The molecule has 0 amide bonds. The Hall–Kier alpha value is -0.221. The van der Waals surface area contributed by atoms with Gasteiger partial charge in [-0.15, -0.1) is 0 Å². The van der Waals surface area contributed by atoms with Crippen molar-refractivity contribution >= 4 is 13.3 Å². The van der Waals surface area contributed by atoms with E-state index in [4.69, 9.17) is 0 Å². The van der Waals surface area contributed by atoms with Gasteiger partial charge in [-0.2, -0.15) is 0 Å². The molecule has 0 aromatic heterocycles. The number of hydrogen-bond donors (Lipinski definition) is 0. The molecule has 0 atom stereocenters. The first-order valence-electron chi connectivity index (χ1n) is 2.34. The van der Waals surface area contributed by atoms with Crippen LogP contribution in [0.2, 0.25) is 0 Å². The predicted molar refractivity (Wildman–Crippen MR) is 23.4 cm³/mol. The monoisotopic (exact) mass is 310 g/mol. The Labute approximate surface area is 70.2 Å². The molecule has 0 radical (unpaired) electrons. The van der Waals surface area contributed by atoms with E-state index in [0.29, 0.717) is 0 Å². The second-order valence-corrected chi connectivity index (χ2v) is 6.11. The molecule has 0 fully saturated rings. The summed E-state index contributed by atoms with van der Waals surface area (Å²) in [5, 5.41) is 0. The summed E-state index contributed by atoms with van der Waals surface area (Å²) in [5.74, 6) is 0. The topological polar surface area (TPSA) is 9.23 Å². The second-order valence-electron chi connectivity index (χ2n) is 2.00. The minimum atomic E-state index is -11.8. The molecule has 0 bridgehead atoms. The maximum absolute atomic E-state index is 11.8. The van der Waals surface area contributed by atoms with Gasteiger partial charge in [0.15, 0.2) is 0 Å². The first-order valence-corrected chi connectivity index (χ1v) is 6.27. The van der Waals surface area contributed by atoms with Crippen LogP contribution in [0.5, 0.6) is 0 Å². The Kier molecular flexibility index (Phi) is 2.26. The Balaban J connectivity index is 5.08. The van der Waals surface area contributed by atoms with Gasteiger partial charge in [0.2, 0.25) is 0 Å². The molecule has 90 valence electrons. The van der Waals surface area contributed by atoms with Crippen molar-refractivity contribution in [2.75, 3.05) is 0 Å². The van der Waals surface area contributed by atoms with Gasteiger partial charge in [0.25, 0.3) is 0 Å². The molecule has 0 rings (SSSR count). The van der Waals surface area contributed by atoms with Crippen LogP contribution in [0.3, 0.4) is 0 Å². The summed E-state index contributed by atoms with van der Waals surface area (Å²) in [6.45, 7) is 0. The second kappa shape index (κ2) is 2.30. The van der Waals surface area contributed by atoms with Gasteiger partial charge in [-0.05, 0) is 0 Å². The summed E-state index contributed by atoms with van der Waals surface area (Å²) in [7, 11) is 0. The summed E-state index contributed by atoms with van der Waals surface area (Å²) in [4.78, 5) is 0. The van der Waals surface area contributed by atoms with Crippen molar-refractivity contribution in [1.29, 1.82) is 0 Å². The zero-order valence-electron chi connectivity index (χ0n) is 5.60. The van der Waals surface area contributed by atoms with Gasteiger partial charge < -0.3 is 0 Å². The molecule has 0 aromatic rings.